The molecule has 0 unspecified atom stereocenters. The van der Waals surface area contributed by atoms with Gasteiger partial charge in [-0.3, -0.25) is 4.98 Å². The molecule has 0 saturated carbocycles. The van der Waals surface area contributed by atoms with Crippen molar-refractivity contribution in [1.82, 2.24) is 15.3 Å². The van der Waals surface area contributed by atoms with Crippen LogP contribution < -0.4 is 15.0 Å². The molecule has 1 aliphatic heterocycles. The van der Waals surface area contributed by atoms with Crippen LogP contribution >= 0.6 is 0 Å². The Morgan fingerprint density at radius 3 is 2.72 bits per heavy atom. The number of anilines is 1. The van der Waals surface area contributed by atoms with Gasteiger partial charge in [0.15, 0.2) is 5.82 Å². The summed E-state index contributed by atoms with van der Waals surface area (Å²) in [6.07, 6.45) is 5.70. The summed E-state index contributed by atoms with van der Waals surface area (Å²) >= 11 is 0. The number of rotatable bonds is 4. The van der Waals surface area contributed by atoms with E-state index in [9.17, 15) is 0 Å². The molecule has 0 atom stereocenters. The summed E-state index contributed by atoms with van der Waals surface area (Å²) in [5, 5.41) is 3.40. The molecular formula is C13H22N4O. The zero-order valence-corrected chi connectivity index (χ0v) is 11.4. The molecule has 1 aliphatic rings. The minimum Gasteiger partial charge on any atom is -0.477 e. The maximum absolute atomic E-state index is 5.39. The molecular weight excluding hydrogens is 228 g/mol. The van der Waals surface area contributed by atoms with Gasteiger partial charge in [-0.05, 0) is 33.7 Å². The normalized spacial score (nSPS) is 18.7. The zero-order valence-electron chi connectivity index (χ0n) is 11.4. The summed E-state index contributed by atoms with van der Waals surface area (Å²) in [6.45, 7) is 6.85. The Morgan fingerprint density at radius 2 is 2.11 bits per heavy atom. The lowest BCUT2D eigenvalue weighted by molar-refractivity contribution is 0.302. The van der Waals surface area contributed by atoms with E-state index in [1.807, 2.05) is 20.2 Å². The van der Waals surface area contributed by atoms with Gasteiger partial charge in [0, 0.05) is 18.6 Å². The fraction of sp³-hybridized carbons (Fsp3) is 0.692. The smallest absolute Gasteiger partial charge is 0.234 e. The molecule has 1 N–H and O–H groups in total. The first-order valence-corrected chi connectivity index (χ1v) is 6.55. The lowest BCUT2D eigenvalue weighted by Gasteiger charge is -2.39. The van der Waals surface area contributed by atoms with Crippen LogP contribution in [0.4, 0.5) is 5.82 Å². The summed E-state index contributed by atoms with van der Waals surface area (Å²) in [5.74, 6) is 1.52. The molecule has 0 radical (unpaired) electrons. The average Bonchev–Trinajstić information content (AvgIpc) is 2.40. The van der Waals surface area contributed by atoms with Crippen LogP contribution in [0, 0.1) is 0 Å². The summed E-state index contributed by atoms with van der Waals surface area (Å²) in [7, 11) is 2.03. The molecule has 2 rings (SSSR count). The van der Waals surface area contributed by atoms with E-state index in [1.54, 1.807) is 6.20 Å². The maximum atomic E-state index is 5.39. The first kappa shape index (κ1) is 13.1. The molecule has 1 saturated heterocycles. The van der Waals surface area contributed by atoms with E-state index in [2.05, 4.69) is 27.1 Å². The zero-order chi connectivity index (χ0) is 13.0. The van der Waals surface area contributed by atoms with Gasteiger partial charge in [-0.25, -0.2) is 0 Å². The fourth-order valence-electron chi connectivity index (χ4n) is 2.19. The van der Waals surface area contributed by atoms with Crippen LogP contribution in [0.15, 0.2) is 12.4 Å². The van der Waals surface area contributed by atoms with E-state index in [1.165, 1.54) is 0 Å². The molecule has 0 aromatic carbocycles. The highest BCUT2D eigenvalue weighted by Crippen LogP contribution is 2.25. The third kappa shape index (κ3) is 2.90. The van der Waals surface area contributed by atoms with Crippen LogP contribution in [0.25, 0.3) is 0 Å². The number of aromatic nitrogens is 2. The van der Waals surface area contributed by atoms with Crippen molar-refractivity contribution in [3.05, 3.63) is 12.4 Å². The Hall–Kier alpha value is -1.36. The van der Waals surface area contributed by atoms with E-state index in [0.717, 1.165) is 31.7 Å². The fourth-order valence-corrected chi connectivity index (χ4v) is 2.19. The van der Waals surface area contributed by atoms with Crippen molar-refractivity contribution in [3.63, 3.8) is 0 Å². The molecule has 0 aliphatic carbocycles. The number of piperidine rings is 1. The van der Waals surface area contributed by atoms with Gasteiger partial charge in [0.2, 0.25) is 5.88 Å². The Bertz CT molecular complexity index is 388. The van der Waals surface area contributed by atoms with Crippen LogP contribution in [0.2, 0.25) is 0 Å². The molecule has 0 spiro atoms. The highest BCUT2D eigenvalue weighted by Gasteiger charge is 2.28. The van der Waals surface area contributed by atoms with E-state index in [4.69, 9.17) is 4.74 Å². The number of hydrogen-bond acceptors (Lipinski definition) is 5. The van der Waals surface area contributed by atoms with Gasteiger partial charge in [-0.2, -0.15) is 4.98 Å². The second kappa shape index (κ2) is 5.52. The average molecular weight is 250 g/mol. The van der Waals surface area contributed by atoms with Gasteiger partial charge in [0.25, 0.3) is 0 Å². The van der Waals surface area contributed by atoms with Crippen LogP contribution in [-0.4, -0.2) is 42.3 Å². The third-order valence-electron chi connectivity index (χ3n) is 3.69. The molecule has 18 heavy (non-hydrogen) atoms. The molecule has 5 nitrogen and oxygen atoms in total. The standard InChI is InChI=1S/C13H22N4O/c1-4-18-12-10-15-9-11(16-12)17-7-5-13(2,14-3)6-8-17/h9-10,14H,4-8H2,1-3H3. The Balaban J connectivity index is 2.03. The SMILES string of the molecule is CCOc1cncc(N2CCC(C)(NC)CC2)n1. The van der Waals surface area contributed by atoms with Crippen LogP contribution in [0.5, 0.6) is 5.88 Å². The van der Waals surface area contributed by atoms with Gasteiger partial charge < -0.3 is 15.0 Å². The predicted octanol–water partition coefficient (Wildman–Crippen LogP) is 1.45. The number of ether oxygens (including phenoxy) is 1. The second-order valence-electron chi connectivity index (χ2n) is 4.95. The van der Waals surface area contributed by atoms with E-state index >= 15 is 0 Å². The van der Waals surface area contributed by atoms with E-state index in [0.29, 0.717) is 12.5 Å². The topological polar surface area (TPSA) is 50.3 Å². The maximum Gasteiger partial charge on any atom is 0.234 e. The van der Waals surface area contributed by atoms with Crippen molar-refractivity contribution >= 4 is 5.82 Å². The van der Waals surface area contributed by atoms with Crippen molar-refractivity contribution in [3.8, 4) is 5.88 Å². The minimum absolute atomic E-state index is 0.251. The summed E-state index contributed by atoms with van der Waals surface area (Å²) in [5.41, 5.74) is 0.251. The van der Waals surface area contributed by atoms with Gasteiger partial charge >= 0.3 is 0 Å². The summed E-state index contributed by atoms with van der Waals surface area (Å²) < 4.78 is 5.39. The third-order valence-corrected chi connectivity index (χ3v) is 3.69. The van der Waals surface area contributed by atoms with E-state index in [-0.39, 0.29) is 5.54 Å². The second-order valence-corrected chi connectivity index (χ2v) is 4.95. The quantitative estimate of drug-likeness (QED) is 0.876. The van der Waals surface area contributed by atoms with Crippen molar-refractivity contribution in [1.29, 1.82) is 0 Å². The Labute approximate surface area is 109 Å². The molecule has 2 heterocycles. The summed E-state index contributed by atoms with van der Waals surface area (Å²) in [4.78, 5) is 10.9. The molecule has 0 bridgehead atoms. The Kier molecular flexibility index (Phi) is 4.01. The Morgan fingerprint density at radius 1 is 1.39 bits per heavy atom. The molecule has 5 heteroatoms. The molecule has 0 amide bonds. The van der Waals surface area contributed by atoms with Crippen molar-refractivity contribution in [2.24, 2.45) is 0 Å². The summed E-state index contributed by atoms with van der Waals surface area (Å²) in [6, 6.07) is 0. The van der Waals surface area contributed by atoms with Crippen molar-refractivity contribution in [2.45, 2.75) is 32.2 Å². The highest BCUT2D eigenvalue weighted by atomic mass is 16.5. The van der Waals surface area contributed by atoms with Gasteiger partial charge in [0.05, 0.1) is 19.0 Å². The largest absolute Gasteiger partial charge is 0.477 e. The lowest BCUT2D eigenvalue weighted by atomic mass is 9.90. The molecule has 1 fully saturated rings. The highest BCUT2D eigenvalue weighted by molar-refractivity contribution is 5.38. The van der Waals surface area contributed by atoms with Crippen molar-refractivity contribution in [2.75, 3.05) is 31.6 Å². The monoisotopic (exact) mass is 250 g/mol. The van der Waals surface area contributed by atoms with E-state index < -0.39 is 0 Å². The van der Waals surface area contributed by atoms with Crippen LogP contribution in [0.1, 0.15) is 26.7 Å². The molecule has 1 aromatic rings. The first-order valence-electron chi connectivity index (χ1n) is 6.55. The lowest BCUT2D eigenvalue weighted by Crippen LogP contribution is -2.50. The number of nitrogens with zero attached hydrogens (tertiary/aromatic N) is 3. The number of nitrogens with one attached hydrogen (secondary N) is 1. The molecule has 1 aromatic heterocycles. The van der Waals surface area contributed by atoms with Gasteiger partial charge in [-0.1, -0.05) is 0 Å². The van der Waals surface area contributed by atoms with Gasteiger partial charge in [0.1, 0.15) is 0 Å². The van der Waals surface area contributed by atoms with Crippen LogP contribution in [-0.2, 0) is 0 Å². The first-order chi connectivity index (χ1) is 8.67. The van der Waals surface area contributed by atoms with Crippen LogP contribution in [0.3, 0.4) is 0 Å². The predicted molar refractivity (Wildman–Crippen MR) is 72.1 cm³/mol. The molecule has 100 valence electrons. The number of hydrogen-bond donors (Lipinski definition) is 1. The minimum atomic E-state index is 0.251. The van der Waals surface area contributed by atoms with Crippen molar-refractivity contribution < 1.29 is 4.74 Å². The van der Waals surface area contributed by atoms with Gasteiger partial charge in [-0.15, -0.1) is 0 Å².